The van der Waals surface area contributed by atoms with E-state index in [-0.39, 0.29) is 0 Å². The van der Waals surface area contributed by atoms with Gasteiger partial charge in [0.15, 0.2) is 0 Å². The molecular weight excluding hydrogens is 329 g/mol. The molecule has 1 aromatic rings. The van der Waals surface area contributed by atoms with Gasteiger partial charge in [-0.3, -0.25) is 4.79 Å². The molecule has 0 aliphatic heterocycles. The van der Waals surface area contributed by atoms with Crippen molar-refractivity contribution in [2.24, 2.45) is 0 Å². The number of likely N-dealkylation sites (N-methyl/N-ethyl adjacent to an activating group) is 1. The van der Waals surface area contributed by atoms with Crippen LogP contribution in [0.1, 0.15) is 33.1 Å². The van der Waals surface area contributed by atoms with E-state index in [1.807, 2.05) is 19.1 Å². The SMILES string of the molecule is CCNC(C)(CCCCSc1ccc(Cl)c(Cl)c1)C(=O)O. The maximum atomic E-state index is 11.3. The third-order valence-electron chi connectivity index (χ3n) is 3.27. The van der Waals surface area contributed by atoms with Crippen LogP contribution in [-0.2, 0) is 4.79 Å². The van der Waals surface area contributed by atoms with E-state index in [0.717, 1.165) is 23.5 Å². The van der Waals surface area contributed by atoms with Gasteiger partial charge in [-0.2, -0.15) is 0 Å². The fourth-order valence-electron chi connectivity index (χ4n) is 2.00. The highest BCUT2D eigenvalue weighted by Gasteiger charge is 2.30. The second-order valence-corrected chi connectivity index (χ2v) is 7.03. The zero-order chi connectivity index (χ0) is 15.9. The summed E-state index contributed by atoms with van der Waals surface area (Å²) in [7, 11) is 0. The van der Waals surface area contributed by atoms with Crippen molar-refractivity contribution >= 4 is 40.9 Å². The normalized spacial score (nSPS) is 13.9. The molecule has 1 atom stereocenters. The van der Waals surface area contributed by atoms with Crippen molar-refractivity contribution < 1.29 is 9.90 Å². The molecule has 0 spiro atoms. The molecule has 0 aromatic heterocycles. The van der Waals surface area contributed by atoms with Gasteiger partial charge in [0.25, 0.3) is 0 Å². The average Bonchev–Trinajstić information content (AvgIpc) is 2.42. The molecule has 0 bridgehead atoms. The molecule has 0 fully saturated rings. The number of thioether (sulfide) groups is 1. The van der Waals surface area contributed by atoms with Crippen LogP contribution in [0.4, 0.5) is 0 Å². The topological polar surface area (TPSA) is 49.3 Å². The van der Waals surface area contributed by atoms with Crippen molar-refractivity contribution in [2.75, 3.05) is 12.3 Å². The summed E-state index contributed by atoms with van der Waals surface area (Å²) in [6.07, 6.45) is 2.45. The molecule has 118 valence electrons. The van der Waals surface area contributed by atoms with Crippen LogP contribution in [0.3, 0.4) is 0 Å². The van der Waals surface area contributed by atoms with Crippen LogP contribution in [0.2, 0.25) is 10.0 Å². The number of nitrogens with one attached hydrogen (secondary N) is 1. The van der Waals surface area contributed by atoms with Gasteiger partial charge in [-0.15, -0.1) is 11.8 Å². The van der Waals surface area contributed by atoms with E-state index < -0.39 is 11.5 Å². The highest BCUT2D eigenvalue weighted by molar-refractivity contribution is 7.99. The first kappa shape index (κ1) is 18.6. The largest absolute Gasteiger partial charge is 0.480 e. The Kier molecular flexibility index (Phi) is 7.88. The van der Waals surface area contributed by atoms with Crippen LogP contribution in [0.15, 0.2) is 23.1 Å². The maximum absolute atomic E-state index is 11.3. The van der Waals surface area contributed by atoms with Crippen molar-refractivity contribution in [1.82, 2.24) is 5.32 Å². The summed E-state index contributed by atoms with van der Waals surface area (Å²) in [4.78, 5) is 12.4. The lowest BCUT2D eigenvalue weighted by atomic mass is 9.95. The van der Waals surface area contributed by atoms with E-state index >= 15 is 0 Å². The smallest absolute Gasteiger partial charge is 0.323 e. The molecule has 0 radical (unpaired) electrons. The number of carboxylic acid groups (broad SMARTS) is 1. The van der Waals surface area contributed by atoms with Crippen molar-refractivity contribution in [3.63, 3.8) is 0 Å². The van der Waals surface area contributed by atoms with Gasteiger partial charge in [0, 0.05) is 4.90 Å². The minimum absolute atomic E-state index is 0.559. The van der Waals surface area contributed by atoms with E-state index in [9.17, 15) is 9.90 Å². The summed E-state index contributed by atoms with van der Waals surface area (Å²) >= 11 is 13.5. The number of hydrogen-bond donors (Lipinski definition) is 2. The molecule has 0 amide bonds. The number of halogens is 2. The molecule has 3 nitrogen and oxygen atoms in total. The van der Waals surface area contributed by atoms with Gasteiger partial charge in [0.1, 0.15) is 5.54 Å². The zero-order valence-corrected chi connectivity index (χ0v) is 14.6. The quantitative estimate of drug-likeness (QED) is 0.500. The lowest BCUT2D eigenvalue weighted by Crippen LogP contribution is -2.49. The molecule has 0 aliphatic rings. The molecule has 0 aliphatic carbocycles. The van der Waals surface area contributed by atoms with Gasteiger partial charge in [-0.05, 0) is 50.3 Å². The summed E-state index contributed by atoms with van der Waals surface area (Å²) in [6, 6.07) is 5.59. The van der Waals surface area contributed by atoms with Crippen molar-refractivity contribution in [3.8, 4) is 0 Å². The third kappa shape index (κ3) is 6.07. The van der Waals surface area contributed by atoms with Crippen LogP contribution in [0, 0.1) is 0 Å². The lowest BCUT2D eigenvalue weighted by molar-refractivity contribution is -0.144. The van der Waals surface area contributed by atoms with Gasteiger partial charge in [0.2, 0.25) is 0 Å². The Labute approximate surface area is 140 Å². The molecule has 0 heterocycles. The summed E-state index contributed by atoms with van der Waals surface area (Å²) in [6.45, 7) is 4.31. The van der Waals surface area contributed by atoms with Crippen LogP contribution in [0.25, 0.3) is 0 Å². The standard InChI is InChI=1S/C15H21Cl2NO2S/c1-3-18-15(2,14(19)20)8-4-5-9-21-11-6-7-12(16)13(17)10-11/h6-7,10,18H,3-5,8-9H2,1-2H3,(H,19,20). The summed E-state index contributed by atoms with van der Waals surface area (Å²) in [5.41, 5.74) is -0.830. The number of carboxylic acids is 1. The molecule has 1 unspecified atom stereocenters. The highest BCUT2D eigenvalue weighted by Crippen LogP contribution is 2.28. The van der Waals surface area contributed by atoms with Crippen LogP contribution >= 0.6 is 35.0 Å². The van der Waals surface area contributed by atoms with Gasteiger partial charge >= 0.3 is 5.97 Å². The molecule has 1 rings (SSSR count). The fourth-order valence-corrected chi connectivity index (χ4v) is 3.31. The number of carbonyl (C=O) groups is 1. The number of aliphatic carboxylic acids is 1. The van der Waals surface area contributed by atoms with Crippen LogP contribution in [0.5, 0.6) is 0 Å². The maximum Gasteiger partial charge on any atom is 0.323 e. The highest BCUT2D eigenvalue weighted by atomic mass is 35.5. The van der Waals surface area contributed by atoms with Crippen molar-refractivity contribution in [2.45, 2.75) is 43.5 Å². The Hall–Kier alpha value is -0.420. The zero-order valence-electron chi connectivity index (χ0n) is 12.3. The Morgan fingerprint density at radius 3 is 2.62 bits per heavy atom. The summed E-state index contributed by atoms with van der Waals surface area (Å²) in [5, 5.41) is 13.4. The number of hydrogen-bond acceptors (Lipinski definition) is 3. The molecule has 2 N–H and O–H groups in total. The monoisotopic (exact) mass is 349 g/mol. The Morgan fingerprint density at radius 1 is 1.33 bits per heavy atom. The third-order valence-corrected chi connectivity index (χ3v) is 5.09. The number of unbranched alkanes of at least 4 members (excludes halogenated alkanes) is 1. The Morgan fingerprint density at radius 2 is 2.05 bits per heavy atom. The minimum Gasteiger partial charge on any atom is -0.480 e. The number of benzene rings is 1. The van der Waals surface area contributed by atoms with Gasteiger partial charge in [-0.25, -0.2) is 0 Å². The van der Waals surface area contributed by atoms with Gasteiger partial charge < -0.3 is 10.4 Å². The first-order valence-electron chi connectivity index (χ1n) is 6.95. The molecule has 0 saturated carbocycles. The molecule has 21 heavy (non-hydrogen) atoms. The Balaban J connectivity index is 2.33. The molecular formula is C15H21Cl2NO2S. The number of rotatable bonds is 9. The molecule has 1 aromatic carbocycles. The van der Waals surface area contributed by atoms with E-state index in [2.05, 4.69) is 5.32 Å². The summed E-state index contributed by atoms with van der Waals surface area (Å²) in [5.74, 6) is 0.140. The van der Waals surface area contributed by atoms with E-state index in [1.165, 1.54) is 0 Å². The predicted octanol–water partition coefficient (Wildman–Crippen LogP) is 4.71. The molecule has 6 heteroatoms. The lowest BCUT2D eigenvalue weighted by Gasteiger charge is -2.25. The van der Waals surface area contributed by atoms with Crippen molar-refractivity contribution in [3.05, 3.63) is 28.2 Å². The predicted molar refractivity (Wildman–Crippen MR) is 90.8 cm³/mol. The average molecular weight is 350 g/mol. The second kappa shape index (κ2) is 8.89. The Bertz CT molecular complexity index is 485. The van der Waals surface area contributed by atoms with E-state index in [1.54, 1.807) is 24.8 Å². The fraction of sp³-hybridized carbons (Fsp3) is 0.533. The van der Waals surface area contributed by atoms with E-state index in [4.69, 9.17) is 23.2 Å². The van der Waals surface area contributed by atoms with Crippen LogP contribution < -0.4 is 5.32 Å². The van der Waals surface area contributed by atoms with E-state index in [0.29, 0.717) is 23.0 Å². The van der Waals surface area contributed by atoms with Crippen molar-refractivity contribution in [1.29, 1.82) is 0 Å². The summed E-state index contributed by atoms with van der Waals surface area (Å²) < 4.78 is 0. The first-order chi connectivity index (χ1) is 9.89. The van der Waals surface area contributed by atoms with Gasteiger partial charge in [-0.1, -0.05) is 36.5 Å². The van der Waals surface area contributed by atoms with Gasteiger partial charge in [0.05, 0.1) is 10.0 Å². The van der Waals surface area contributed by atoms with Crippen LogP contribution in [-0.4, -0.2) is 28.9 Å². The minimum atomic E-state index is -0.830. The first-order valence-corrected chi connectivity index (χ1v) is 8.69. The second-order valence-electron chi connectivity index (χ2n) is 5.05. The molecule has 0 saturated heterocycles.